The third kappa shape index (κ3) is 1.93. The van der Waals surface area contributed by atoms with E-state index < -0.39 is 11.7 Å². The van der Waals surface area contributed by atoms with Crippen LogP contribution in [0.15, 0.2) is 0 Å². The Bertz CT molecular complexity index is 495. The summed E-state index contributed by atoms with van der Waals surface area (Å²) in [4.78, 5) is 12.3. The smallest absolute Gasteiger partial charge is 0.313 e. The summed E-state index contributed by atoms with van der Waals surface area (Å²) in [6, 6.07) is 0. The molecule has 0 aromatic rings. The molecule has 0 saturated heterocycles. The van der Waals surface area contributed by atoms with Crippen LogP contribution in [0, 0.1) is 28.6 Å². The largest absolute Gasteiger partial charge is 0.436 e. The number of hydrogen-bond donors (Lipinski definition) is 0. The van der Waals surface area contributed by atoms with Crippen molar-refractivity contribution in [2.75, 3.05) is 0 Å². The van der Waals surface area contributed by atoms with Crippen molar-refractivity contribution in [3.05, 3.63) is 0 Å². The predicted molar refractivity (Wildman–Crippen MR) is 84.0 cm³/mol. The maximum absolute atomic E-state index is 12.3. The summed E-state index contributed by atoms with van der Waals surface area (Å²) in [5.74, 6) is 2.60. The molecule has 124 valence electrons. The van der Waals surface area contributed by atoms with E-state index in [1.54, 1.807) is 0 Å². The summed E-state index contributed by atoms with van der Waals surface area (Å²) < 4.78 is 12.0. The predicted octanol–water partition coefficient (Wildman–Crippen LogP) is 4.30. The summed E-state index contributed by atoms with van der Waals surface area (Å²) in [5.41, 5.74) is 0.212. The van der Waals surface area contributed by atoms with Crippen molar-refractivity contribution in [2.24, 2.45) is 28.6 Å². The Morgan fingerprint density at radius 1 is 1.23 bits per heavy atom. The zero-order valence-corrected chi connectivity index (χ0v) is 14.5. The molecule has 0 aromatic heterocycles. The molecule has 22 heavy (non-hydrogen) atoms. The van der Waals surface area contributed by atoms with Gasteiger partial charge < -0.3 is 9.47 Å². The molecule has 3 bridgehead atoms. The van der Waals surface area contributed by atoms with Crippen molar-refractivity contribution in [1.82, 2.24) is 0 Å². The molecular formula is C19H30O3. The molecule has 1 spiro atoms. The van der Waals surface area contributed by atoms with Gasteiger partial charge in [-0.05, 0) is 88.9 Å². The molecule has 3 nitrogen and oxygen atoms in total. The highest BCUT2D eigenvalue weighted by Crippen LogP contribution is 2.77. The van der Waals surface area contributed by atoms with Gasteiger partial charge in [-0.2, -0.15) is 0 Å². The maximum atomic E-state index is 12.3. The highest BCUT2D eigenvalue weighted by atomic mass is 16.7. The summed E-state index contributed by atoms with van der Waals surface area (Å²) in [6.45, 7) is 7.82. The summed E-state index contributed by atoms with van der Waals surface area (Å²) in [7, 11) is 0. The van der Waals surface area contributed by atoms with E-state index in [0.29, 0.717) is 5.41 Å². The fourth-order valence-electron chi connectivity index (χ4n) is 6.25. The van der Waals surface area contributed by atoms with Crippen LogP contribution in [-0.2, 0) is 14.3 Å². The number of rotatable bonds is 5. The van der Waals surface area contributed by atoms with E-state index in [2.05, 4.69) is 0 Å². The van der Waals surface area contributed by atoms with Gasteiger partial charge in [0.15, 0.2) is 0 Å². The van der Waals surface area contributed by atoms with Gasteiger partial charge in [0.2, 0.25) is 6.29 Å². The molecule has 6 atom stereocenters. The van der Waals surface area contributed by atoms with E-state index in [0.717, 1.165) is 24.2 Å². The molecule has 0 radical (unpaired) electrons. The number of carbonyl (C=O) groups is 1. The minimum Gasteiger partial charge on any atom is -0.436 e. The summed E-state index contributed by atoms with van der Waals surface area (Å²) in [5, 5.41) is 0. The molecular weight excluding hydrogens is 276 g/mol. The summed E-state index contributed by atoms with van der Waals surface area (Å²) >= 11 is 0. The Kier molecular flexibility index (Phi) is 3.06. The van der Waals surface area contributed by atoms with Crippen molar-refractivity contribution >= 4 is 5.97 Å². The van der Waals surface area contributed by atoms with Crippen LogP contribution < -0.4 is 0 Å². The van der Waals surface area contributed by atoms with Crippen LogP contribution in [0.1, 0.15) is 72.6 Å². The first-order valence-electron chi connectivity index (χ1n) is 9.17. The van der Waals surface area contributed by atoms with Crippen LogP contribution in [0.3, 0.4) is 0 Å². The second-order valence-electron chi connectivity index (χ2n) is 9.26. The average Bonchev–Trinajstić information content (AvgIpc) is 2.74. The molecule has 0 amide bonds. The van der Waals surface area contributed by atoms with Crippen LogP contribution in [0.25, 0.3) is 0 Å². The maximum Gasteiger partial charge on any atom is 0.313 e. The van der Waals surface area contributed by atoms with Gasteiger partial charge in [0.05, 0.1) is 11.0 Å². The molecule has 4 aliphatic rings. The molecule has 0 heterocycles. The van der Waals surface area contributed by atoms with Crippen LogP contribution in [-0.4, -0.2) is 17.9 Å². The van der Waals surface area contributed by atoms with Crippen LogP contribution >= 0.6 is 0 Å². The van der Waals surface area contributed by atoms with E-state index in [1.165, 1.54) is 38.5 Å². The van der Waals surface area contributed by atoms with Crippen LogP contribution in [0.2, 0.25) is 0 Å². The first-order chi connectivity index (χ1) is 10.3. The lowest BCUT2D eigenvalue weighted by Crippen LogP contribution is -2.43. The van der Waals surface area contributed by atoms with Crippen molar-refractivity contribution in [3.63, 3.8) is 0 Å². The number of carbonyl (C=O) groups excluding carboxylic acids is 1. The number of esters is 1. The van der Waals surface area contributed by atoms with E-state index in [-0.39, 0.29) is 11.6 Å². The van der Waals surface area contributed by atoms with Gasteiger partial charge in [-0.15, -0.1) is 0 Å². The van der Waals surface area contributed by atoms with Gasteiger partial charge in [0.1, 0.15) is 0 Å². The lowest BCUT2D eigenvalue weighted by atomic mass is 9.56. The zero-order chi connectivity index (χ0) is 15.8. The van der Waals surface area contributed by atoms with E-state index in [9.17, 15) is 4.79 Å². The summed E-state index contributed by atoms with van der Waals surface area (Å²) in [6.07, 6.45) is 8.31. The van der Waals surface area contributed by atoms with Gasteiger partial charge in [0, 0.05) is 0 Å². The Hall–Kier alpha value is -0.570. The van der Waals surface area contributed by atoms with Crippen LogP contribution in [0.4, 0.5) is 0 Å². The Balaban J connectivity index is 1.43. The van der Waals surface area contributed by atoms with Crippen LogP contribution in [0.5, 0.6) is 0 Å². The van der Waals surface area contributed by atoms with Crippen molar-refractivity contribution in [1.29, 1.82) is 0 Å². The van der Waals surface area contributed by atoms with Gasteiger partial charge in [-0.3, -0.25) is 4.79 Å². The van der Waals surface area contributed by atoms with Crippen molar-refractivity contribution in [3.8, 4) is 0 Å². The lowest BCUT2D eigenvalue weighted by Gasteiger charge is -2.49. The minimum absolute atomic E-state index is 0.00882. The number of ether oxygens (including phenoxy) is 2. The van der Waals surface area contributed by atoms with Gasteiger partial charge in [0.25, 0.3) is 0 Å². The fourth-order valence-corrected chi connectivity index (χ4v) is 6.25. The molecule has 0 aromatic carbocycles. The monoisotopic (exact) mass is 306 g/mol. The lowest BCUT2D eigenvalue weighted by molar-refractivity contribution is -0.220. The molecule has 0 aliphatic heterocycles. The SMILES string of the molecule is CCC(C)(C)C(=O)OC(C)OC12CC3CC4CC(C1)C4(C3)C2. The highest BCUT2D eigenvalue weighted by Gasteiger charge is 2.71. The Morgan fingerprint density at radius 2 is 2.00 bits per heavy atom. The van der Waals surface area contributed by atoms with Crippen molar-refractivity contribution < 1.29 is 14.3 Å². The topological polar surface area (TPSA) is 35.5 Å². The molecule has 4 fully saturated rings. The van der Waals surface area contributed by atoms with Crippen molar-refractivity contribution in [2.45, 2.75) is 84.5 Å². The Labute approximate surface area is 134 Å². The second kappa shape index (κ2) is 4.49. The van der Waals surface area contributed by atoms with Gasteiger partial charge >= 0.3 is 5.97 Å². The molecule has 4 rings (SSSR count). The van der Waals surface area contributed by atoms with E-state index in [4.69, 9.17) is 9.47 Å². The zero-order valence-electron chi connectivity index (χ0n) is 14.5. The minimum atomic E-state index is -0.417. The molecule has 4 saturated carbocycles. The first-order valence-corrected chi connectivity index (χ1v) is 9.17. The first kappa shape index (κ1) is 15.0. The fraction of sp³-hybridized carbons (Fsp3) is 0.947. The molecule has 4 aliphatic carbocycles. The standard InChI is InChI=1S/C19H30O3/c1-5-17(3,4)16(20)21-12(2)22-18-8-13-6-14-7-15(10-18)19(14,9-13)11-18/h12-15H,5-11H2,1-4H3. The third-order valence-electron chi connectivity index (χ3n) is 7.54. The number of fused-ring (bicyclic) bond motifs is 2. The highest BCUT2D eigenvalue weighted by molar-refractivity contribution is 5.75. The molecule has 0 N–H and O–H groups in total. The number of hydrogen-bond acceptors (Lipinski definition) is 3. The Morgan fingerprint density at radius 3 is 2.73 bits per heavy atom. The van der Waals surface area contributed by atoms with E-state index in [1.807, 2.05) is 27.7 Å². The van der Waals surface area contributed by atoms with E-state index >= 15 is 0 Å². The average molecular weight is 306 g/mol. The molecule has 6 unspecified atom stereocenters. The van der Waals surface area contributed by atoms with Gasteiger partial charge in [-0.25, -0.2) is 0 Å². The normalized spacial score (nSPS) is 46.3. The third-order valence-corrected chi connectivity index (χ3v) is 7.54. The van der Waals surface area contributed by atoms with Gasteiger partial charge in [-0.1, -0.05) is 6.92 Å². The second-order valence-corrected chi connectivity index (χ2v) is 9.26. The molecule has 3 heteroatoms. The quantitative estimate of drug-likeness (QED) is 0.561.